The summed E-state index contributed by atoms with van der Waals surface area (Å²) in [6.45, 7) is -3.16. The summed E-state index contributed by atoms with van der Waals surface area (Å²) in [7, 11) is -11.8. The van der Waals surface area contributed by atoms with Crippen LogP contribution in [0.25, 0.3) is 33.5 Å². The zero-order valence-electron chi connectivity index (χ0n) is 41.7. The van der Waals surface area contributed by atoms with Crippen molar-refractivity contribution in [3.63, 3.8) is 0 Å². The Morgan fingerprint density at radius 1 is 0.762 bits per heavy atom. The van der Waals surface area contributed by atoms with Crippen LogP contribution in [0.15, 0.2) is 34.9 Å². The van der Waals surface area contributed by atoms with E-state index in [-0.39, 0.29) is 51.2 Å². The van der Waals surface area contributed by atoms with Crippen molar-refractivity contribution >= 4 is 95.6 Å². The van der Waals surface area contributed by atoms with Crippen LogP contribution in [0.5, 0.6) is 0 Å². The molecular formula is C36H50BN16O23P4+. The van der Waals surface area contributed by atoms with Gasteiger partial charge in [0.25, 0.3) is 24.5 Å². The predicted molar refractivity (Wildman–Crippen MR) is 263 cm³/mol. The molecule has 16 atom stereocenters. The van der Waals surface area contributed by atoms with E-state index in [1.807, 2.05) is 0 Å². The summed E-state index contributed by atoms with van der Waals surface area (Å²) in [5, 5.41) is 33.3. The van der Waals surface area contributed by atoms with Crippen molar-refractivity contribution in [2.24, 2.45) is 13.0 Å². The van der Waals surface area contributed by atoms with E-state index < -0.39 is 148 Å². The summed E-state index contributed by atoms with van der Waals surface area (Å²) in [6, 6.07) is 0. The van der Waals surface area contributed by atoms with Crippen molar-refractivity contribution in [1.82, 2.24) is 58.5 Å². The number of H-pyrrole nitrogens is 2. The summed E-state index contributed by atoms with van der Waals surface area (Å²) >= 11 is 0. The number of anilines is 3. The third-order valence-electron chi connectivity index (χ3n) is 12.7. The average Bonchev–Trinajstić information content (AvgIpc) is 4.23. The molecule has 0 spiro atoms. The van der Waals surface area contributed by atoms with Crippen molar-refractivity contribution in [1.29, 1.82) is 0 Å². The van der Waals surface area contributed by atoms with E-state index in [1.54, 1.807) is 0 Å². The van der Waals surface area contributed by atoms with E-state index in [0.29, 0.717) is 0 Å². The minimum Gasteiger partial charge on any atom is -0.387 e. The maximum Gasteiger partial charge on any atom is 0.487 e. The number of aliphatic hydroxyl groups is 3. The molecule has 6 aromatic rings. The second-order valence-corrected chi connectivity index (χ2v) is 24.4. The normalized spacial score (nSPS) is 29.2. The maximum atomic E-state index is 13.8. The highest BCUT2D eigenvalue weighted by molar-refractivity contribution is 7.84. The zero-order chi connectivity index (χ0) is 58.1. The van der Waals surface area contributed by atoms with E-state index in [0.717, 1.165) is 30.7 Å². The van der Waals surface area contributed by atoms with Crippen LogP contribution < -0.4 is 32.9 Å². The molecule has 6 aromatic heterocycles. The molecule has 14 N–H and O–H groups in total. The summed E-state index contributed by atoms with van der Waals surface area (Å²) in [5.74, 6) is -2.39. The second kappa shape index (κ2) is 22.3. The Kier molecular flexibility index (Phi) is 16.5. The molecule has 0 aromatic carbocycles. The van der Waals surface area contributed by atoms with Crippen molar-refractivity contribution < 1.29 is 103 Å². The fourth-order valence-electron chi connectivity index (χ4n) is 9.04. The van der Waals surface area contributed by atoms with E-state index in [9.17, 15) is 62.6 Å². The van der Waals surface area contributed by atoms with Crippen LogP contribution in [0.3, 0.4) is 0 Å². The van der Waals surface area contributed by atoms with Crippen LogP contribution in [0.2, 0.25) is 0 Å². The molecule has 0 bridgehead atoms. The molecule has 3 aliphatic heterocycles. The number of phosphoric acid groups is 3. The Morgan fingerprint density at radius 2 is 1.39 bits per heavy atom. The lowest BCUT2D eigenvalue weighted by molar-refractivity contribution is -0.745. The minimum absolute atomic E-state index is 0.0111. The van der Waals surface area contributed by atoms with Gasteiger partial charge in [-0.15, -0.1) is 0 Å². The molecule has 3 saturated heterocycles. The number of nitrogens with zero attached hydrogens (tertiary/aromatic N) is 11. The molecule has 0 aliphatic carbocycles. The van der Waals surface area contributed by atoms with Gasteiger partial charge in [0.1, 0.15) is 54.6 Å². The van der Waals surface area contributed by atoms with Gasteiger partial charge < -0.3 is 75.6 Å². The monoisotopic (exact) mass is 1210 g/mol. The fourth-order valence-corrected chi connectivity index (χ4v) is 13.6. The number of fused-ring (bicyclic) bond motifs is 3. The van der Waals surface area contributed by atoms with Gasteiger partial charge in [-0.3, -0.25) is 56.2 Å². The predicted octanol–water partition coefficient (Wildman–Crippen LogP) is -3.80. The Bertz CT molecular complexity index is 3660. The van der Waals surface area contributed by atoms with Crippen LogP contribution >= 0.6 is 30.9 Å². The highest BCUT2D eigenvalue weighted by Crippen LogP contribution is 2.68. The molecule has 1 amide bonds. The van der Waals surface area contributed by atoms with Crippen molar-refractivity contribution in [2.45, 2.75) is 73.9 Å². The Balaban J connectivity index is 0.879. The van der Waals surface area contributed by atoms with Gasteiger partial charge in [0.05, 0.1) is 45.6 Å². The van der Waals surface area contributed by atoms with Crippen LogP contribution in [-0.2, 0) is 75.8 Å². The largest absolute Gasteiger partial charge is 0.487 e. The van der Waals surface area contributed by atoms with Crippen LogP contribution in [0.4, 0.5) is 17.7 Å². The number of aromatic amines is 2. The number of hydrogen-bond donors (Lipinski definition) is 11. The number of nitrogen functional groups attached to an aromatic ring is 3. The molecule has 80 heavy (non-hydrogen) atoms. The number of rotatable bonds is 21. The first-order valence-corrected chi connectivity index (χ1v) is 29.1. The van der Waals surface area contributed by atoms with Gasteiger partial charge >= 0.3 is 29.1 Å². The number of carbonyl (C=O) groups excluding carboxylic acids is 1. The minimum atomic E-state index is -6.11. The number of nitrogens with one attached hydrogen (secondary N) is 2. The summed E-state index contributed by atoms with van der Waals surface area (Å²) in [6.07, 6.45) is -13.6. The lowest BCUT2D eigenvalue weighted by atomic mass is 9.94. The molecule has 3 fully saturated rings. The third-order valence-corrected chi connectivity index (χ3v) is 18.0. The van der Waals surface area contributed by atoms with Gasteiger partial charge in [-0.25, -0.2) is 42.5 Å². The number of aryl methyl sites for hydroxylation is 1. The van der Waals surface area contributed by atoms with Gasteiger partial charge in [0, 0.05) is 33.5 Å². The summed E-state index contributed by atoms with van der Waals surface area (Å²) < 4.78 is 112. The number of aromatic nitrogens is 12. The number of aliphatic hydroxyl groups excluding tert-OH is 3. The fraction of sp³-hybridized carbons (Fsp3) is 0.556. The number of nitrogens with two attached hydrogens (primary N) is 3. The first-order valence-electron chi connectivity index (χ1n) is 23.0. The van der Waals surface area contributed by atoms with Crippen LogP contribution in [0, 0.1) is 5.92 Å². The SMILES string of the molecule is [B]P(=O)(OC[C@H]1O[C@@H]([n+]2cn(C)c3c(=O)[nH]c(N)nc32)[C@H](O)[C@@H]1CC(=O)N(C)C)OP(=O)(O)OP(=O)(O)OC[C@H]1O[C@@H](n2cnc3c(N)ncnc32)[C@H](OC)[C@@H]1OP(=O)(O)OC[C@H]1O[C@@H](n2cnc3c(=O)[nH]c(N)nc32)[C@H](O)[C@@H]1O. The lowest BCUT2D eigenvalue weighted by Crippen LogP contribution is -2.45. The van der Waals surface area contributed by atoms with E-state index in [1.165, 1.54) is 46.1 Å². The Hall–Kier alpha value is -5.54. The molecule has 9 rings (SSSR count). The molecule has 2 radical (unpaired) electrons. The number of phosphoric ester groups is 2. The summed E-state index contributed by atoms with van der Waals surface area (Å²) in [5.41, 5.74) is 15.7. The molecule has 39 nitrogen and oxygen atoms in total. The van der Waals surface area contributed by atoms with Gasteiger partial charge in [-0.2, -0.15) is 9.29 Å². The van der Waals surface area contributed by atoms with Gasteiger partial charge in [-0.1, -0.05) is 4.98 Å². The molecule has 4 unspecified atom stereocenters. The number of imidazole rings is 3. The van der Waals surface area contributed by atoms with Gasteiger partial charge in [0.2, 0.25) is 31.2 Å². The van der Waals surface area contributed by atoms with E-state index in [2.05, 4.69) is 48.5 Å². The molecule has 44 heteroatoms. The van der Waals surface area contributed by atoms with E-state index >= 15 is 0 Å². The maximum absolute atomic E-state index is 13.8. The van der Waals surface area contributed by atoms with Crippen LogP contribution in [-0.4, -0.2) is 192 Å². The zero-order valence-corrected chi connectivity index (χ0v) is 45.3. The lowest BCUT2D eigenvalue weighted by Gasteiger charge is -2.26. The highest BCUT2D eigenvalue weighted by Gasteiger charge is 2.54. The standard InChI is InChI=1S/C36H49BN16O23P4/c1-49(2)17(54)5-13-14(71-32(21(13)55)53-12-50(3)20-29(53)46-36(40)48-31(20)59)6-68-77(37,60)75-80(65,66)76-79(63,64)70-8-16-24(25(67-4)34(73-16)51-10-43-18-26(38)41-9-42-27(18)51)74-78(61,62)69-7-15-22(56)23(57)33(72-15)52-11-44-19-28(52)45-35(39)47-30(19)58/h9-16,21-25,32-34,55-57H,5-8H2,1-4H3,(H10-,38,39,40,41,42,45,46,47,48,58,59,61,62,63,64,65,66)/p+1/t13-,14-,15-,16-,21-,22-,23-,24-,25-,32-,33-,34-,77?/m1/s1. The smallest absolute Gasteiger partial charge is 0.387 e. The molecular weight excluding hydrogens is 1160 g/mol. The van der Waals surface area contributed by atoms with Crippen molar-refractivity contribution in [2.75, 3.05) is 58.2 Å². The number of carbonyl (C=O) groups is 1. The summed E-state index contributed by atoms with van der Waals surface area (Å²) in [4.78, 5) is 100. The van der Waals surface area contributed by atoms with Crippen molar-refractivity contribution in [3.8, 4) is 0 Å². The molecule has 3 aliphatic rings. The number of methoxy groups -OCH3 is 1. The Labute approximate surface area is 447 Å². The molecule has 9 heterocycles. The number of amides is 1. The highest BCUT2D eigenvalue weighted by atomic mass is 31.3. The Morgan fingerprint density at radius 3 is 2.09 bits per heavy atom. The van der Waals surface area contributed by atoms with Gasteiger partial charge in [-0.05, 0) is 0 Å². The number of ether oxygens (including phenoxy) is 4. The van der Waals surface area contributed by atoms with E-state index in [4.69, 9.17) is 61.8 Å². The third kappa shape index (κ3) is 12.0. The van der Waals surface area contributed by atoms with Crippen molar-refractivity contribution in [3.05, 3.63) is 46.0 Å². The first-order chi connectivity index (χ1) is 37.5. The first kappa shape index (κ1) is 59.1. The molecule has 0 saturated carbocycles. The topological polar surface area (TPSA) is 542 Å². The average molecular weight is 1210 g/mol. The van der Waals surface area contributed by atoms with Crippen LogP contribution in [0.1, 0.15) is 25.1 Å². The second-order valence-electron chi connectivity index (χ2n) is 18.2. The number of hydrogen-bond acceptors (Lipinski definition) is 29. The van der Waals surface area contributed by atoms with Gasteiger partial charge in [0.15, 0.2) is 41.4 Å². The molecule has 434 valence electrons. The quantitative estimate of drug-likeness (QED) is 0.0187.